The van der Waals surface area contributed by atoms with Gasteiger partial charge in [0, 0.05) is 32.8 Å². The molecule has 42 heavy (non-hydrogen) atoms. The number of nitro benzene ring substituents is 1. The summed E-state index contributed by atoms with van der Waals surface area (Å²) in [6.07, 6.45) is 1.59. The highest BCUT2D eigenvalue weighted by atomic mass is 79.9. The Morgan fingerprint density at radius 2 is 1.60 bits per heavy atom. The Hall–Kier alpha value is -4.74. The van der Waals surface area contributed by atoms with E-state index >= 15 is 0 Å². The van der Waals surface area contributed by atoms with E-state index in [1.54, 1.807) is 73.7 Å². The van der Waals surface area contributed by atoms with Crippen LogP contribution in [0.2, 0.25) is 0 Å². The first kappa shape index (κ1) is 30.2. The molecule has 3 amide bonds. The lowest BCUT2D eigenvalue weighted by molar-refractivity contribution is -0.384. The molecule has 0 spiro atoms. The molecule has 4 rings (SSSR count). The zero-order valence-corrected chi connectivity index (χ0v) is 24.7. The summed E-state index contributed by atoms with van der Waals surface area (Å²) in [7, 11) is 0. The average molecular weight is 646 g/mol. The number of nitro groups is 1. The van der Waals surface area contributed by atoms with E-state index < -0.39 is 16.7 Å². The summed E-state index contributed by atoms with van der Waals surface area (Å²) in [5, 5.41) is 19.3. The molecule has 4 aromatic carbocycles. The van der Waals surface area contributed by atoms with Crippen LogP contribution in [0.1, 0.15) is 21.5 Å². The van der Waals surface area contributed by atoms with Crippen molar-refractivity contribution in [2.24, 2.45) is 0 Å². The molecule has 11 heteroatoms. The van der Waals surface area contributed by atoms with Crippen molar-refractivity contribution in [1.82, 2.24) is 5.32 Å². The fourth-order valence-electron chi connectivity index (χ4n) is 3.69. The Morgan fingerprint density at radius 1 is 0.905 bits per heavy atom. The number of halogens is 1. The third kappa shape index (κ3) is 8.63. The van der Waals surface area contributed by atoms with Crippen molar-refractivity contribution < 1.29 is 19.3 Å². The average Bonchev–Trinajstić information content (AvgIpc) is 2.99. The molecule has 0 unspecified atom stereocenters. The fraction of sp³-hybridized carbons (Fsp3) is 0.0645. The highest BCUT2D eigenvalue weighted by molar-refractivity contribution is 9.10. The molecule has 3 N–H and O–H groups in total. The maximum atomic E-state index is 13.2. The summed E-state index contributed by atoms with van der Waals surface area (Å²) in [5.74, 6) is -1.15. The van der Waals surface area contributed by atoms with Crippen LogP contribution in [-0.4, -0.2) is 28.4 Å². The molecule has 0 aliphatic rings. The Labute approximate surface area is 254 Å². The minimum Gasteiger partial charge on any atom is -0.325 e. The standard InChI is InChI=1S/C31H25BrN4O5S/c1-20-7-14-25(36(40)41)18-27(20)34-29(37)19-42-26-15-12-24(13-16-26)33-31(39)28(17-21-8-10-23(32)11-9-21)35-30(38)22-5-3-2-4-6-22/h2-18H,19H2,1H3,(H,33,39)(H,34,37)(H,35,38)/b28-17-. The summed E-state index contributed by atoms with van der Waals surface area (Å²) in [5.41, 5.74) is 2.71. The third-order valence-corrected chi connectivity index (χ3v) is 7.44. The number of hydrogen-bond acceptors (Lipinski definition) is 6. The number of aryl methyl sites for hydroxylation is 1. The van der Waals surface area contributed by atoms with Gasteiger partial charge in [0.05, 0.1) is 16.4 Å². The number of nitrogens with one attached hydrogen (secondary N) is 3. The quantitative estimate of drug-likeness (QED) is 0.0753. The summed E-state index contributed by atoms with van der Waals surface area (Å²) in [6, 6.07) is 27.1. The Bertz CT molecular complexity index is 1640. The van der Waals surface area contributed by atoms with Crippen molar-refractivity contribution in [3.63, 3.8) is 0 Å². The van der Waals surface area contributed by atoms with Crippen LogP contribution in [0.25, 0.3) is 6.08 Å². The maximum absolute atomic E-state index is 13.2. The van der Waals surface area contributed by atoms with Gasteiger partial charge in [-0.3, -0.25) is 24.5 Å². The molecule has 0 aromatic heterocycles. The molecule has 0 atom stereocenters. The molecule has 212 valence electrons. The van der Waals surface area contributed by atoms with Crippen molar-refractivity contribution in [2.45, 2.75) is 11.8 Å². The van der Waals surface area contributed by atoms with Crippen LogP contribution in [0, 0.1) is 17.0 Å². The van der Waals surface area contributed by atoms with Crippen molar-refractivity contribution in [3.05, 3.63) is 134 Å². The Morgan fingerprint density at radius 3 is 2.26 bits per heavy atom. The fourth-order valence-corrected chi connectivity index (χ4v) is 4.66. The molecule has 9 nitrogen and oxygen atoms in total. The minimum atomic E-state index is -0.513. The lowest BCUT2D eigenvalue weighted by Crippen LogP contribution is -2.30. The van der Waals surface area contributed by atoms with Gasteiger partial charge in [0.15, 0.2) is 0 Å². The first-order chi connectivity index (χ1) is 20.2. The lowest BCUT2D eigenvalue weighted by Gasteiger charge is -2.12. The number of benzene rings is 4. The van der Waals surface area contributed by atoms with Gasteiger partial charge in [0.1, 0.15) is 5.70 Å². The molecular weight excluding hydrogens is 620 g/mol. The zero-order valence-electron chi connectivity index (χ0n) is 22.3. The summed E-state index contributed by atoms with van der Waals surface area (Å²) >= 11 is 4.67. The largest absolute Gasteiger partial charge is 0.325 e. The van der Waals surface area contributed by atoms with Crippen LogP contribution in [-0.2, 0) is 9.59 Å². The Kier molecular flexibility index (Phi) is 10.2. The third-order valence-electron chi connectivity index (χ3n) is 5.90. The van der Waals surface area contributed by atoms with E-state index in [2.05, 4.69) is 31.9 Å². The number of amides is 3. The van der Waals surface area contributed by atoms with E-state index in [4.69, 9.17) is 0 Å². The summed E-state index contributed by atoms with van der Waals surface area (Å²) in [6.45, 7) is 1.76. The zero-order chi connectivity index (χ0) is 30.1. The predicted octanol–water partition coefficient (Wildman–Crippen LogP) is 6.81. The molecule has 0 saturated carbocycles. The SMILES string of the molecule is Cc1ccc([N+](=O)[O-])cc1NC(=O)CSc1ccc(NC(=O)/C(=C/c2ccc(Br)cc2)NC(=O)c2ccccc2)cc1. The van der Waals surface area contributed by atoms with Gasteiger partial charge >= 0.3 is 0 Å². The van der Waals surface area contributed by atoms with Crippen LogP contribution in [0.15, 0.2) is 112 Å². The van der Waals surface area contributed by atoms with E-state index in [-0.39, 0.29) is 23.0 Å². The van der Waals surface area contributed by atoms with Crippen molar-refractivity contribution >= 4 is 68.6 Å². The molecule has 0 heterocycles. The molecule has 0 aliphatic carbocycles. The van der Waals surface area contributed by atoms with Crippen LogP contribution in [0.4, 0.5) is 17.1 Å². The first-order valence-electron chi connectivity index (χ1n) is 12.6. The van der Waals surface area contributed by atoms with Crippen molar-refractivity contribution in [3.8, 4) is 0 Å². The molecule has 0 fully saturated rings. The van der Waals surface area contributed by atoms with E-state index in [9.17, 15) is 24.5 Å². The molecule has 4 aromatic rings. The molecule has 0 aliphatic heterocycles. The van der Waals surface area contributed by atoms with Crippen LogP contribution in [0.3, 0.4) is 0 Å². The first-order valence-corrected chi connectivity index (χ1v) is 14.4. The molecular formula is C31H25BrN4O5S. The number of hydrogen-bond donors (Lipinski definition) is 3. The van der Waals surface area contributed by atoms with Gasteiger partial charge in [-0.15, -0.1) is 11.8 Å². The van der Waals surface area contributed by atoms with Gasteiger partial charge in [0.2, 0.25) is 5.91 Å². The number of anilines is 2. The number of thioether (sulfide) groups is 1. The Balaban J connectivity index is 1.39. The van der Waals surface area contributed by atoms with Gasteiger partial charge in [-0.25, -0.2) is 0 Å². The monoisotopic (exact) mass is 644 g/mol. The van der Waals surface area contributed by atoms with E-state index in [0.29, 0.717) is 22.5 Å². The highest BCUT2D eigenvalue weighted by Crippen LogP contribution is 2.24. The topological polar surface area (TPSA) is 130 Å². The van der Waals surface area contributed by atoms with Gasteiger partial charge < -0.3 is 16.0 Å². The number of non-ortho nitro benzene ring substituents is 1. The second-order valence-corrected chi connectivity index (χ2v) is 11.0. The van der Waals surface area contributed by atoms with Gasteiger partial charge in [-0.05, 0) is 72.7 Å². The summed E-state index contributed by atoms with van der Waals surface area (Å²) in [4.78, 5) is 49.8. The number of carbonyl (C=O) groups excluding carboxylic acids is 3. The smallest absolute Gasteiger partial charge is 0.272 e. The van der Waals surface area contributed by atoms with E-state index in [1.165, 1.54) is 23.9 Å². The molecule has 0 saturated heterocycles. The molecule has 0 bridgehead atoms. The second-order valence-electron chi connectivity index (χ2n) is 9.00. The van der Waals surface area contributed by atoms with Gasteiger partial charge in [0.25, 0.3) is 17.5 Å². The maximum Gasteiger partial charge on any atom is 0.272 e. The van der Waals surface area contributed by atoms with Gasteiger partial charge in [-0.2, -0.15) is 0 Å². The predicted molar refractivity (Wildman–Crippen MR) is 168 cm³/mol. The van der Waals surface area contributed by atoms with E-state index in [1.807, 2.05) is 24.3 Å². The lowest BCUT2D eigenvalue weighted by atomic mass is 10.1. The number of rotatable bonds is 10. The normalized spacial score (nSPS) is 11.0. The number of nitrogens with zero attached hydrogens (tertiary/aromatic N) is 1. The van der Waals surface area contributed by atoms with Crippen LogP contribution >= 0.6 is 27.7 Å². The van der Waals surface area contributed by atoms with Crippen molar-refractivity contribution in [2.75, 3.05) is 16.4 Å². The molecule has 0 radical (unpaired) electrons. The van der Waals surface area contributed by atoms with Gasteiger partial charge in [-0.1, -0.05) is 52.3 Å². The summed E-state index contributed by atoms with van der Waals surface area (Å²) < 4.78 is 0.883. The van der Waals surface area contributed by atoms with Crippen molar-refractivity contribution in [1.29, 1.82) is 0 Å². The van der Waals surface area contributed by atoms with Crippen LogP contribution in [0.5, 0.6) is 0 Å². The number of carbonyl (C=O) groups is 3. The van der Waals surface area contributed by atoms with Crippen LogP contribution < -0.4 is 16.0 Å². The minimum absolute atomic E-state index is 0.0674. The van der Waals surface area contributed by atoms with E-state index in [0.717, 1.165) is 14.9 Å². The second kappa shape index (κ2) is 14.2. The highest BCUT2D eigenvalue weighted by Gasteiger charge is 2.16.